The number of carbonyl (C=O) groups excluding carboxylic acids is 1. The van der Waals surface area contributed by atoms with Crippen molar-refractivity contribution < 1.29 is 24.2 Å². The molecule has 2 N–H and O–H groups in total. The Hall–Kier alpha value is -3.02. The number of carbonyl (C=O) groups is 2. The summed E-state index contributed by atoms with van der Waals surface area (Å²) < 4.78 is 11.5. The maximum absolute atomic E-state index is 12.6. The summed E-state index contributed by atoms with van der Waals surface area (Å²) in [4.78, 5) is 24.2. The zero-order chi connectivity index (χ0) is 23.5. The van der Waals surface area contributed by atoms with Crippen LogP contribution in [0.15, 0.2) is 48.5 Å². The maximum Gasteiger partial charge on any atom is 0.326 e. The van der Waals surface area contributed by atoms with Gasteiger partial charge in [0.15, 0.2) is 0 Å². The van der Waals surface area contributed by atoms with Crippen molar-refractivity contribution >= 4 is 11.9 Å². The summed E-state index contributed by atoms with van der Waals surface area (Å²) in [6, 6.07) is 13.8. The predicted octanol–water partition coefficient (Wildman–Crippen LogP) is 5.60. The molecular weight excluding hydrogens is 418 g/mol. The van der Waals surface area contributed by atoms with Crippen LogP contribution in [0.1, 0.15) is 74.2 Å². The molecule has 1 aliphatic rings. The first-order chi connectivity index (χ1) is 16.0. The average Bonchev–Trinajstić information content (AvgIpc) is 2.84. The third-order valence-corrected chi connectivity index (χ3v) is 6.11. The van der Waals surface area contributed by atoms with Gasteiger partial charge >= 0.3 is 5.97 Å². The Labute approximate surface area is 196 Å². The van der Waals surface area contributed by atoms with E-state index in [9.17, 15) is 14.7 Å². The number of ether oxygens (including phenoxy) is 2. The molecule has 1 atom stereocenters. The van der Waals surface area contributed by atoms with Gasteiger partial charge in [-0.05, 0) is 60.7 Å². The van der Waals surface area contributed by atoms with Gasteiger partial charge in [0.1, 0.15) is 24.1 Å². The molecule has 6 heteroatoms. The highest BCUT2D eigenvalue weighted by Gasteiger charge is 2.25. The molecule has 0 aromatic heterocycles. The van der Waals surface area contributed by atoms with E-state index in [0.717, 1.165) is 56.4 Å². The SMILES string of the molecule is CCCCOc1ccc(COc2ccc(C(=O)N[C@@H](CC3CCCCC3)C(=O)O)cc2)cc1. The van der Waals surface area contributed by atoms with Crippen molar-refractivity contribution in [2.45, 2.75) is 70.9 Å². The van der Waals surface area contributed by atoms with Gasteiger partial charge in [-0.15, -0.1) is 0 Å². The van der Waals surface area contributed by atoms with E-state index in [0.29, 0.717) is 30.3 Å². The minimum atomic E-state index is -0.976. The molecule has 1 fully saturated rings. The molecule has 1 aliphatic carbocycles. The number of benzene rings is 2. The van der Waals surface area contributed by atoms with Crippen LogP contribution in [-0.2, 0) is 11.4 Å². The van der Waals surface area contributed by atoms with Gasteiger partial charge in [-0.25, -0.2) is 4.79 Å². The lowest BCUT2D eigenvalue weighted by Crippen LogP contribution is -2.42. The molecule has 3 rings (SSSR count). The first-order valence-corrected chi connectivity index (χ1v) is 12.0. The van der Waals surface area contributed by atoms with Crippen molar-refractivity contribution in [3.8, 4) is 11.5 Å². The van der Waals surface area contributed by atoms with Crippen LogP contribution in [0.3, 0.4) is 0 Å². The lowest BCUT2D eigenvalue weighted by Gasteiger charge is -2.25. The van der Waals surface area contributed by atoms with E-state index in [2.05, 4.69) is 12.2 Å². The molecule has 0 aliphatic heterocycles. The summed E-state index contributed by atoms with van der Waals surface area (Å²) in [5.41, 5.74) is 1.44. The number of hydrogen-bond acceptors (Lipinski definition) is 4. The van der Waals surface area contributed by atoms with Crippen LogP contribution in [-0.4, -0.2) is 29.6 Å². The smallest absolute Gasteiger partial charge is 0.326 e. The number of hydrogen-bond donors (Lipinski definition) is 2. The third-order valence-electron chi connectivity index (χ3n) is 6.11. The molecule has 0 heterocycles. The summed E-state index contributed by atoms with van der Waals surface area (Å²) in [7, 11) is 0. The van der Waals surface area contributed by atoms with Gasteiger partial charge in [-0.3, -0.25) is 4.79 Å². The quantitative estimate of drug-likeness (QED) is 0.409. The molecule has 0 saturated heterocycles. The minimum Gasteiger partial charge on any atom is -0.494 e. The van der Waals surface area contributed by atoms with Crippen molar-refractivity contribution in [1.29, 1.82) is 0 Å². The van der Waals surface area contributed by atoms with Crippen LogP contribution < -0.4 is 14.8 Å². The Morgan fingerprint density at radius 3 is 2.24 bits per heavy atom. The second kappa shape index (κ2) is 12.9. The number of rotatable bonds is 12. The summed E-state index contributed by atoms with van der Waals surface area (Å²) in [6.45, 7) is 3.26. The van der Waals surface area contributed by atoms with Gasteiger partial charge in [0.05, 0.1) is 6.61 Å². The monoisotopic (exact) mass is 453 g/mol. The lowest BCUT2D eigenvalue weighted by molar-refractivity contribution is -0.139. The zero-order valence-electron chi connectivity index (χ0n) is 19.4. The molecule has 0 radical (unpaired) electrons. The highest BCUT2D eigenvalue weighted by molar-refractivity contribution is 5.96. The van der Waals surface area contributed by atoms with Crippen molar-refractivity contribution in [3.05, 3.63) is 59.7 Å². The molecule has 2 aromatic rings. The van der Waals surface area contributed by atoms with E-state index in [1.54, 1.807) is 24.3 Å². The van der Waals surface area contributed by atoms with Gasteiger partial charge < -0.3 is 19.9 Å². The molecule has 1 saturated carbocycles. The number of carboxylic acids is 1. The molecule has 178 valence electrons. The molecule has 1 amide bonds. The minimum absolute atomic E-state index is 0.368. The Balaban J connectivity index is 1.48. The van der Waals surface area contributed by atoms with Crippen LogP contribution in [0, 0.1) is 5.92 Å². The number of nitrogens with one attached hydrogen (secondary N) is 1. The van der Waals surface area contributed by atoms with Crippen LogP contribution >= 0.6 is 0 Å². The predicted molar refractivity (Wildman–Crippen MR) is 128 cm³/mol. The number of aliphatic carboxylic acids is 1. The van der Waals surface area contributed by atoms with Gasteiger partial charge in [0.25, 0.3) is 5.91 Å². The third kappa shape index (κ3) is 8.12. The van der Waals surface area contributed by atoms with Gasteiger partial charge in [-0.1, -0.05) is 57.6 Å². The van der Waals surface area contributed by atoms with E-state index in [-0.39, 0.29) is 5.91 Å². The summed E-state index contributed by atoms with van der Waals surface area (Å²) in [5, 5.41) is 12.2. The van der Waals surface area contributed by atoms with Crippen molar-refractivity contribution in [1.82, 2.24) is 5.32 Å². The van der Waals surface area contributed by atoms with E-state index in [1.165, 1.54) is 6.42 Å². The second-order valence-corrected chi connectivity index (χ2v) is 8.76. The highest BCUT2D eigenvalue weighted by atomic mass is 16.5. The molecule has 33 heavy (non-hydrogen) atoms. The zero-order valence-corrected chi connectivity index (χ0v) is 19.4. The number of amides is 1. The van der Waals surface area contributed by atoms with E-state index in [1.807, 2.05) is 24.3 Å². The number of carboxylic acid groups (broad SMARTS) is 1. The average molecular weight is 454 g/mol. The van der Waals surface area contributed by atoms with Gasteiger partial charge in [0, 0.05) is 5.56 Å². The normalized spacial score (nSPS) is 14.9. The highest BCUT2D eigenvalue weighted by Crippen LogP contribution is 2.27. The Morgan fingerprint density at radius 2 is 1.61 bits per heavy atom. The fourth-order valence-electron chi connectivity index (χ4n) is 4.10. The Kier molecular flexibility index (Phi) is 9.60. The van der Waals surface area contributed by atoms with Crippen molar-refractivity contribution in [2.24, 2.45) is 5.92 Å². The first-order valence-electron chi connectivity index (χ1n) is 12.0. The fraction of sp³-hybridized carbons (Fsp3) is 0.481. The van der Waals surface area contributed by atoms with Crippen LogP contribution in [0.5, 0.6) is 11.5 Å². The first kappa shape index (κ1) is 24.6. The molecule has 6 nitrogen and oxygen atoms in total. The topological polar surface area (TPSA) is 84.9 Å². The van der Waals surface area contributed by atoms with E-state index >= 15 is 0 Å². The maximum atomic E-state index is 12.6. The molecule has 0 spiro atoms. The molecule has 2 aromatic carbocycles. The van der Waals surface area contributed by atoms with E-state index in [4.69, 9.17) is 9.47 Å². The number of unbranched alkanes of at least 4 members (excludes halogenated alkanes) is 1. The molecule has 0 unspecified atom stereocenters. The largest absolute Gasteiger partial charge is 0.494 e. The fourth-order valence-corrected chi connectivity index (χ4v) is 4.10. The van der Waals surface area contributed by atoms with Gasteiger partial charge in [0.2, 0.25) is 0 Å². The Bertz CT molecular complexity index is 872. The van der Waals surface area contributed by atoms with Crippen molar-refractivity contribution in [2.75, 3.05) is 6.61 Å². The Morgan fingerprint density at radius 1 is 0.970 bits per heavy atom. The molecular formula is C27H35NO5. The van der Waals surface area contributed by atoms with Crippen LogP contribution in [0.4, 0.5) is 0 Å². The molecule has 0 bridgehead atoms. The summed E-state index contributed by atoms with van der Waals surface area (Å²) in [6.07, 6.45) is 8.22. The van der Waals surface area contributed by atoms with Crippen LogP contribution in [0.2, 0.25) is 0 Å². The van der Waals surface area contributed by atoms with Gasteiger partial charge in [-0.2, -0.15) is 0 Å². The van der Waals surface area contributed by atoms with E-state index < -0.39 is 12.0 Å². The van der Waals surface area contributed by atoms with Crippen LogP contribution in [0.25, 0.3) is 0 Å². The lowest BCUT2D eigenvalue weighted by atomic mass is 9.85. The van der Waals surface area contributed by atoms with Crippen molar-refractivity contribution in [3.63, 3.8) is 0 Å². The summed E-state index contributed by atoms with van der Waals surface area (Å²) in [5.74, 6) is 0.518. The summed E-state index contributed by atoms with van der Waals surface area (Å²) >= 11 is 0. The second-order valence-electron chi connectivity index (χ2n) is 8.76. The standard InChI is InChI=1S/C27H35NO5/c1-2-3-17-32-23-13-9-21(10-14-23)19-33-24-15-11-22(12-16-24)26(29)28-25(27(30)31)18-20-7-5-4-6-8-20/h9-16,20,25H,2-8,17-19H2,1H3,(H,28,29)(H,30,31)/t25-/m0/s1.